The maximum atomic E-state index is 12.2. The summed E-state index contributed by atoms with van der Waals surface area (Å²) in [4.78, 5) is 38.6. The Morgan fingerprint density at radius 1 is 1.35 bits per heavy atom. The SMILES string of the molecule is CCc1ccc2c(c1)C(=O)C(=O)N2C[NH+](C)CC(=O)NC1CC1. The number of Topliss-reactive ketones (excluding diaryl/α,β-unsaturated/α-hetero) is 1. The molecule has 0 radical (unpaired) electrons. The van der Waals surface area contributed by atoms with Crippen LogP contribution in [0.15, 0.2) is 18.2 Å². The van der Waals surface area contributed by atoms with E-state index < -0.39 is 11.7 Å². The number of fused-ring (bicyclic) bond motifs is 1. The number of hydrogen-bond acceptors (Lipinski definition) is 3. The average molecular weight is 316 g/mol. The number of quaternary nitrogens is 1. The Morgan fingerprint density at radius 2 is 2.09 bits per heavy atom. The summed E-state index contributed by atoms with van der Waals surface area (Å²) >= 11 is 0. The summed E-state index contributed by atoms with van der Waals surface area (Å²) in [7, 11) is 1.85. The van der Waals surface area contributed by atoms with Crippen molar-refractivity contribution >= 4 is 23.3 Å². The van der Waals surface area contributed by atoms with Crippen molar-refractivity contribution in [1.29, 1.82) is 0 Å². The third-order valence-corrected chi connectivity index (χ3v) is 4.28. The Labute approximate surface area is 135 Å². The van der Waals surface area contributed by atoms with E-state index in [9.17, 15) is 14.4 Å². The van der Waals surface area contributed by atoms with Crippen LogP contribution >= 0.6 is 0 Å². The zero-order chi connectivity index (χ0) is 16.6. The summed E-state index contributed by atoms with van der Waals surface area (Å²) in [5.41, 5.74) is 2.17. The summed E-state index contributed by atoms with van der Waals surface area (Å²) in [5.74, 6) is -0.967. The molecular weight excluding hydrogens is 294 g/mol. The molecule has 1 aliphatic carbocycles. The number of nitrogens with zero attached hydrogens (tertiary/aromatic N) is 1. The van der Waals surface area contributed by atoms with Gasteiger partial charge < -0.3 is 10.2 Å². The number of aryl methyl sites for hydroxylation is 1. The van der Waals surface area contributed by atoms with E-state index in [2.05, 4.69) is 5.32 Å². The van der Waals surface area contributed by atoms with Gasteiger partial charge in [-0.3, -0.25) is 19.3 Å². The monoisotopic (exact) mass is 316 g/mol. The van der Waals surface area contributed by atoms with Crippen LogP contribution in [0, 0.1) is 0 Å². The van der Waals surface area contributed by atoms with E-state index in [-0.39, 0.29) is 12.5 Å². The molecule has 1 unspecified atom stereocenters. The Morgan fingerprint density at radius 3 is 2.74 bits per heavy atom. The van der Waals surface area contributed by atoms with Gasteiger partial charge in [-0.05, 0) is 37.0 Å². The van der Waals surface area contributed by atoms with Crippen LogP contribution in [0.25, 0.3) is 0 Å². The molecule has 3 rings (SSSR count). The molecule has 1 heterocycles. The van der Waals surface area contributed by atoms with Crippen LogP contribution in [0.3, 0.4) is 0 Å². The quantitative estimate of drug-likeness (QED) is 0.697. The number of amides is 2. The fourth-order valence-electron chi connectivity index (χ4n) is 2.83. The predicted octanol–water partition coefficient (Wildman–Crippen LogP) is -0.471. The van der Waals surface area contributed by atoms with E-state index in [1.165, 1.54) is 4.90 Å². The highest BCUT2D eigenvalue weighted by atomic mass is 16.2. The molecule has 23 heavy (non-hydrogen) atoms. The van der Waals surface area contributed by atoms with Gasteiger partial charge in [-0.2, -0.15) is 0 Å². The number of anilines is 1. The molecule has 1 aromatic rings. The smallest absolute Gasteiger partial charge is 0.303 e. The van der Waals surface area contributed by atoms with Gasteiger partial charge in [0.2, 0.25) is 0 Å². The molecule has 2 N–H and O–H groups in total. The van der Waals surface area contributed by atoms with Gasteiger partial charge in [-0.15, -0.1) is 0 Å². The zero-order valence-corrected chi connectivity index (χ0v) is 13.5. The molecule has 0 spiro atoms. The molecule has 2 aliphatic rings. The Hall–Kier alpha value is -2.21. The van der Waals surface area contributed by atoms with Crippen molar-refractivity contribution in [3.05, 3.63) is 29.3 Å². The van der Waals surface area contributed by atoms with E-state index in [1.54, 1.807) is 6.07 Å². The highest BCUT2D eigenvalue weighted by molar-refractivity contribution is 6.52. The topological polar surface area (TPSA) is 70.9 Å². The first-order chi connectivity index (χ1) is 11.0. The first-order valence-corrected chi connectivity index (χ1v) is 8.09. The number of benzene rings is 1. The summed E-state index contributed by atoms with van der Waals surface area (Å²) in [5, 5.41) is 2.93. The maximum absolute atomic E-state index is 12.2. The zero-order valence-electron chi connectivity index (χ0n) is 13.5. The van der Waals surface area contributed by atoms with Gasteiger partial charge in [0.25, 0.3) is 11.7 Å². The molecule has 122 valence electrons. The van der Waals surface area contributed by atoms with Crippen LogP contribution in [0.4, 0.5) is 5.69 Å². The number of carbonyl (C=O) groups is 3. The van der Waals surface area contributed by atoms with Gasteiger partial charge in [0, 0.05) is 6.04 Å². The second-order valence-corrected chi connectivity index (χ2v) is 6.40. The molecule has 6 nitrogen and oxygen atoms in total. The number of hydrogen-bond donors (Lipinski definition) is 2. The lowest BCUT2D eigenvalue weighted by Gasteiger charge is -2.21. The number of nitrogens with one attached hydrogen (secondary N) is 2. The largest absolute Gasteiger partial charge is 0.348 e. The average Bonchev–Trinajstić information content (AvgIpc) is 3.30. The fourth-order valence-corrected chi connectivity index (χ4v) is 2.83. The highest BCUT2D eigenvalue weighted by Crippen LogP contribution is 2.29. The van der Waals surface area contributed by atoms with Crippen LogP contribution < -0.4 is 15.1 Å². The second kappa shape index (κ2) is 6.12. The highest BCUT2D eigenvalue weighted by Gasteiger charge is 2.37. The Balaban J connectivity index is 1.69. The summed E-state index contributed by atoms with van der Waals surface area (Å²) in [6, 6.07) is 5.89. The number of ketones is 1. The molecule has 1 fully saturated rings. The van der Waals surface area contributed by atoms with Gasteiger partial charge in [0.05, 0.1) is 18.3 Å². The van der Waals surface area contributed by atoms with Gasteiger partial charge in [-0.1, -0.05) is 13.0 Å². The molecule has 2 amide bonds. The molecule has 6 heteroatoms. The van der Waals surface area contributed by atoms with Crippen LogP contribution in [0.5, 0.6) is 0 Å². The molecule has 1 saturated carbocycles. The molecule has 0 saturated heterocycles. The third-order valence-electron chi connectivity index (χ3n) is 4.28. The van der Waals surface area contributed by atoms with Crippen molar-refractivity contribution in [3.63, 3.8) is 0 Å². The second-order valence-electron chi connectivity index (χ2n) is 6.40. The van der Waals surface area contributed by atoms with Crippen LogP contribution in [0.1, 0.15) is 35.7 Å². The van der Waals surface area contributed by atoms with E-state index in [4.69, 9.17) is 0 Å². The number of rotatable bonds is 6. The normalized spacial score (nSPS) is 18.1. The minimum atomic E-state index is -0.504. The van der Waals surface area contributed by atoms with Crippen molar-refractivity contribution in [1.82, 2.24) is 5.32 Å². The number of likely N-dealkylation sites (N-methyl/N-ethyl adjacent to an activating group) is 1. The molecular formula is C17H22N3O3+. The predicted molar refractivity (Wildman–Crippen MR) is 85.4 cm³/mol. The summed E-state index contributed by atoms with van der Waals surface area (Å²) in [6.45, 7) is 2.61. The van der Waals surface area contributed by atoms with Gasteiger partial charge in [0.15, 0.2) is 13.2 Å². The van der Waals surface area contributed by atoms with E-state index in [0.29, 0.717) is 24.0 Å². The van der Waals surface area contributed by atoms with Crippen molar-refractivity contribution in [2.75, 3.05) is 25.2 Å². The van der Waals surface area contributed by atoms with Crippen molar-refractivity contribution in [2.45, 2.75) is 32.2 Å². The Bertz CT molecular complexity index is 667. The van der Waals surface area contributed by atoms with Crippen LogP contribution in [-0.4, -0.2) is 43.9 Å². The first-order valence-electron chi connectivity index (χ1n) is 8.09. The van der Waals surface area contributed by atoms with E-state index in [0.717, 1.165) is 29.7 Å². The minimum Gasteiger partial charge on any atom is -0.348 e. The van der Waals surface area contributed by atoms with Gasteiger partial charge >= 0.3 is 5.91 Å². The van der Waals surface area contributed by atoms with E-state index in [1.807, 2.05) is 26.1 Å². The molecule has 1 aromatic carbocycles. The van der Waals surface area contributed by atoms with E-state index >= 15 is 0 Å². The lowest BCUT2D eigenvalue weighted by molar-refractivity contribution is -0.869. The van der Waals surface area contributed by atoms with Crippen molar-refractivity contribution in [3.8, 4) is 0 Å². The number of carbonyl (C=O) groups excluding carboxylic acids is 3. The van der Waals surface area contributed by atoms with Crippen LogP contribution in [0.2, 0.25) is 0 Å². The Kier molecular flexibility index (Phi) is 4.17. The third kappa shape index (κ3) is 3.27. The fraction of sp³-hybridized carbons (Fsp3) is 0.471. The summed E-state index contributed by atoms with van der Waals surface area (Å²) in [6.07, 6.45) is 2.93. The first kappa shape index (κ1) is 15.7. The lowest BCUT2D eigenvalue weighted by atomic mass is 10.1. The van der Waals surface area contributed by atoms with Gasteiger partial charge in [0.1, 0.15) is 0 Å². The standard InChI is InChI=1S/C17H21N3O3/c1-3-11-4-7-14-13(8-11)16(22)17(23)20(14)10-19(2)9-15(21)18-12-5-6-12/h4,7-8,12H,3,5-6,9-10H2,1-2H3,(H,18,21)/p+1. The van der Waals surface area contributed by atoms with Gasteiger partial charge in [-0.25, -0.2) is 0 Å². The molecule has 0 aromatic heterocycles. The molecule has 0 bridgehead atoms. The lowest BCUT2D eigenvalue weighted by Crippen LogP contribution is -3.12. The molecule has 1 atom stereocenters. The van der Waals surface area contributed by atoms with Crippen molar-refractivity contribution < 1.29 is 19.3 Å². The maximum Gasteiger partial charge on any atom is 0.303 e. The summed E-state index contributed by atoms with van der Waals surface area (Å²) < 4.78 is 0. The molecule has 1 aliphatic heterocycles. The van der Waals surface area contributed by atoms with Crippen molar-refractivity contribution in [2.24, 2.45) is 0 Å². The van der Waals surface area contributed by atoms with Crippen LogP contribution in [-0.2, 0) is 16.0 Å². The minimum absolute atomic E-state index is 0.00970.